The van der Waals surface area contributed by atoms with Crippen molar-refractivity contribution in [3.63, 3.8) is 0 Å². The van der Waals surface area contributed by atoms with E-state index in [1.54, 1.807) is 0 Å². The standard InChI is InChI=1S/C16H26BNO4/c1-15(2)16(3,4)22-17(21-15)13-5-7-14(8-6-13)18(9-11-19)10-12-20/h5-8,19-20H,9-12H2,1-4H3. The predicted octanol–water partition coefficient (Wildman–Crippen LogP) is 0.777. The average Bonchev–Trinajstić information content (AvgIpc) is 2.67. The van der Waals surface area contributed by atoms with E-state index in [4.69, 9.17) is 19.5 Å². The number of aliphatic hydroxyl groups is 2. The summed E-state index contributed by atoms with van der Waals surface area (Å²) >= 11 is 0. The lowest BCUT2D eigenvalue weighted by Crippen LogP contribution is -2.41. The first-order chi connectivity index (χ1) is 10.3. The van der Waals surface area contributed by atoms with Crippen molar-refractivity contribution in [2.24, 2.45) is 0 Å². The summed E-state index contributed by atoms with van der Waals surface area (Å²) in [5.41, 5.74) is 1.23. The van der Waals surface area contributed by atoms with E-state index in [0.717, 1.165) is 11.2 Å². The molecule has 0 atom stereocenters. The Morgan fingerprint density at radius 1 is 0.909 bits per heavy atom. The number of benzene rings is 1. The van der Waals surface area contributed by atoms with Gasteiger partial charge in [-0.3, -0.25) is 0 Å². The molecule has 0 amide bonds. The number of hydrogen-bond donors (Lipinski definition) is 2. The molecular weight excluding hydrogens is 281 g/mol. The van der Waals surface area contributed by atoms with Crippen molar-refractivity contribution in [3.05, 3.63) is 24.3 Å². The van der Waals surface area contributed by atoms with Gasteiger partial charge in [-0.15, -0.1) is 0 Å². The third-order valence-corrected chi connectivity index (χ3v) is 4.52. The number of rotatable bonds is 6. The van der Waals surface area contributed by atoms with Crippen LogP contribution in [0.4, 0.5) is 5.69 Å². The van der Waals surface area contributed by atoms with Crippen molar-refractivity contribution in [3.8, 4) is 0 Å². The van der Waals surface area contributed by atoms with Crippen LogP contribution in [-0.4, -0.2) is 54.8 Å². The van der Waals surface area contributed by atoms with Gasteiger partial charge in [-0.2, -0.15) is 0 Å². The maximum Gasteiger partial charge on any atom is 0.494 e. The Balaban J connectivity index is 2.12. The van der Waals surface area contributed by atoms with Gasteiger partial charge in [-0.25, -0.2) is 0 Å². The van der Waals surface area contributed by atoms with Crippen LogP contribution in [0.5, 0.6) is 0 Å². The summed E-state index contributed by atoms with van der Waals surface area (Å²) < 4.78 is 12.1. The number of hydrogen-bond acceptors (Lipinski definition) is 5. The molecule has 5 nitrogen and oxygen atoms in total. The van der Waals surface area contributed by atoms with E-state index in [1.165, 1.54) is 0 Å². The molecule has 2 rings (SSSR count). The van der Waals surface area contributed by atoms with E-state index in [9.17, 15) is 0 Å². The molecule has 1 aromatic carbocycles. The fourth-order valence-electron chi connectivity index (χ4n) is 2.43. The zero-order chi connectivity index (χ0) is 16.4. The van der Waals surface area contributed by atoms with Gasteiger partial charge in [-0.1, -0.05) is 12.1 Å². The molecule has 122 valence electrons. The van der Waals surface area contributed by atoms with Crippen molar-refractivity contribution in [1.82, 2.24) is 0 Å². The molecular formula is C16H26BNO4. The van der Waals surface area contributed by atoms with Crippen molar-refractivity contribution in [2.75, 3.05) is 31.2 Å². The molecule has 0 spiro atoms. The number of nitrogens with zero attached hydrogens (tertiary/aromatic N) is 1. The molecule has 0 radical (unpaired) electrons. The number of aliphatic hydroxyl groups excluding tert-OH is 2. The topological polar surface area (TPSA) is 62.2 Å². The zero-order valence-corrected chi connectivity index (χ0v) is 13.9. The summed E-state index contributed by atoms with van der Waals surface area (Å²) in [6.45, 7) is 9.24. The van der Waals surface area contributed by atoms with Gasteiger partial charge in [-0.05, 0) is 45.3 Å². The van der Waals surface area contributed by atoms with Gasteiger partial charge >= 0.3 is 7.12 Å². The summed E-state index contributed by atoms with van der Waals surface area (Å²) in [7, 11) is -0.372. The van der Waals surface area contributed by atoms with Crippen LogP contribution in [0, 0.1) is 0 Å². The van der Waals surface area contributed by atoms with Crippen molar-refractivity contribution >= 4 is 18.3 Å². The van der Waals surface area contributed by atoms with E-state index in [-0.39, 0.29) is 31.5 Å². The van der Waals surface area contributed by atoms with Gasteiger partial charge in [0, 0.05) is 18.8 Å². The first-order valence-electron chi connectivity index (χ1n) is 7.73. The average molecular weight is 307 g/mol. The molecule has 1 aliphatic rings. The fourth-order valence-corrected chi connectivity index (χ4v) is 2.43. The lowest BCUT2D eigenvalue weighted by Gasteiger charge is -2.32. The van der Waals surface area contributed by atoms with Gasteiger partial charge in [0.25, 0.3) is 0 Å². The molecule has 0 saturated carbocycles. The minimum absolute atomic E-state index is 0.0545. The first-order valence-corrected chi connectivity index (χ1v) is 7.73. The molecule has 1 aliphatic heterocycles. The monoisotopic (exact) mass is 307 g/mol. The summed E-state index contributed by atoms with van der Waals surface area (Å²) in [6, 6.07) is 7.87. The maximum atomic E-state index is 9.10. The van der Waals surface area contributed by atoms with Gasteiger partial charge in [0.05, 0.1) is 24.4 Å². The van der Waals surface area contributed by atoms with E-state index in [1.807, 2.05) is 56.9 Å². The Morgan fingerprint density at radius 3 is 1.77 bits per heavy atom. The minimum atomic E-state index is -0.372. The smallest absolute Gasteiger partial charge is 0.399 e. The summed E-state index contributed by atoms with van der Waals surface area (Å²) in [6.07, 6.45) is 0. The highest BCUT2D eigenvalue weighted by Crippen LogP contribution is 2.36. The second-order valence-corrected chi connectivity index (χ2v) is 6.61. The highest BCUT2D eigenvalue weighted by atomic mass is 16.7. The number of anilines is 1. The summed E-state index contributed by atoms with van der Waals surface area (Å²) in [5, 5.41) is 18.2. The van der Waals surface area contributed by atoms with E-state index in [2.05, 4.69) is 0 Å². The van der Waals surface area contributed by atoms with Gasteiger partial charge in [0.1, 0.15) is 0 Å². The Morgan fingerprint density at radius 2 is 1.36 bits per heavy atom. The summed E-state index contributed by atoms with van der Waals surface area (Å²) in [5.74, 6) is 0. The largest absolute Gasteiger partial charge is 0.494 e. The van der Waals surface area contributed by atoms with Crippen LogP contribution in [-0.2, 0) is 9.31 Å². The van der Waals surface area contributed by atoms with Crippen molar-refractivity contribution in [2.45, 2.75) is 38.9 Å². The van der Waals surface area contributed by atoms with Crippen molar-refractivity contribution < 1.29 is 19.5 Å². The van der Waals surface area contributed by atoms with Crippen LogP contribution < -0.4 is 10.4 Å². The Hall–Kier alpha value is -1.08. The quantitative estimate of drug-likeness (QED) is 0.761. The Labute approximate surface area is 133 Å². The fraction of sp³-hybridized carbons (Fsp3) is 0.625. The molecule has 1 aromatic rings. The zero-order valence-electron chi connectivity index (χ0n) is 13.9. The molecule has 22 heavy (non-hydrogen) atoms. The summed E-state index contributed by atoms with van der Waals surface area (Å²) in [4.78, 5) is 1.94. The highest BCUT2D eigenvalue weighted by molar-refractivity contribution is 6.62. The van der Waals surface area contributed by atoms with Gasteiger partial charge in [0.15, 0.2) is 0 Å². The molecule has 0 unspecified atom stereocenters. The predicted molar refractivity (Wildman–Crippen MR) is 88.5 cm³/mol. The van der Waals surface area contributed by atoms with Crippen LogP contribution in [0.3, 0.4) is 0 Å². The second kappa shape index (κ2) is 6.58. The van der Waals surface area contributed by atoms with Crippen LogP contribution >= 0.6 is 0 Å². The second-order valence-electron chi connectivity index (χ2n) is 6.61. The minimum Gasteiger partial charge on any atom is -0.399 e. The lowest BCUT2D eigenvalue weighted by molar-refractivity contribution is 0.00578. The van der Waals surface area contributed by atoms with E-state index >= 15 is 0 Å². The molecule has 6 heteroatoms. The van der Waals surface area contributed by atoms with Crippen LogP contribution in [0.2, 0.25) is 0 Å². The molecule has 0 aliphatic carbocycles. The molecule has 1 saturated heterocycles. The first kappa shape index (κ1) is 17.3. The van der Waals surface area contributed by atoms with Crippen LogP contribution in [0.15, 0.2) is 24.3 Å². The molecule has 2 N–H and O–H groups in total. The van der Waals surface area contributed by atoms with Crippen molar-refractivity contribution in [1.29, 1.82) is 0 Å². The van der Waals surface area contributed by atoms with Gasteiger partial charge in [0.2, 0.25) is 0 Å². The molecule has 1 heterocycles. The van der Waals surface area contributed by atoms with Crippen LogP contribution in [0.25, 0.3) is 0 Å². The molecule has 1 fully saturated rings. The lowest BCUT2D eigenvalue weighted by atomic mass is 9.79. The maximum absolute atomic E-state index is 9.10. The van der Waals surface area contributed by atoms with E-state index < -0.39 is 0 Å². The highest BCUT2D eigenvalue weighted by Gasteiger charge is 2.51. The van der Waals surface area contributed by atoms with Crippen LogP contribution in [0.1, 0.15) is 27.7 Å². The Bertz CT molecular complexity index is 467. The van der Waals surface area contributed by atoms with Gasteiger partial charge < -0.3 is 24.4 Å². The third-order valence-electron chi connectivity index (χ3n) is 4.52. The Kier molecular flexibility index (Phi) is 5.17. The normalized spacial score (nSPS) is 19.5. The third kappa shape index (κ3) is 3.46. The van der Waals surface area contributed by atoms with E-state index in [0.29, 0.717) is 13.1 Å². The molecule has 0 aromatic heterocycles. The SMILES string of the molecule is CC1(C)OB(c2ccc(N(CCO)CCO)cc2)OC1(C)C. The molecule has 0 bridgehead atoms.